The van der Waals surface area contributed by atoms with Gasteiger partial charge in [-0.25, -0.2) is 8.78 Å². The molecule has 0 N–H and O–H groups in total. The van der Waals surface area contributed by atoms with Crippen LogP contribution in [0.1, 0.15) is 11.1 Å². The number of hydrogen-bond donors (Lipinski definition) is 0. The van der Waals surface area contributed by atoms with E-state index in [1.807, 2.05) is 0 Å². The molecule has 0 saturated carbocycles. The highest BCUT2D eigenvalue weighted by molar-refractivity contribution is 6.17. The fourth-order valence-electron chi connectivity index (χ4n) is 1.77. The van der Waals surface area contributed by atoms with Gasteiger partial charge in [-0.3, -0.25) is 0 Å². The highest BCUT2D eigenvalue weighted by atomic mass is 35.5. The smallest absolute Gasteiger partial charge is 0.161 e. The molecular weight excluding hydrogens is 286 g/mol. The minimum Gasteiger partial charge on any atom is -0.493 e. The first-order chi connectivity index (χ1) is 9.62. The summed E-state index contributed by atoms with van der Waals surface area (Å²) in [7, 11) is 1.52. The monoisotopic (exact) mass is 298 g/mol. The molecule has 20 heavy (non-hydrogen) atoms. The molecule has 0 aliphatic carbocycles. The number of benzene rings is 2. The van der Waals surface area contributed by atoms with Crippen molar-refractivity contribution in [3.05, 3.63) is 59.2 Å². The zero-order valence-electron chi connectivity index (χ0n) is 10.8. The number of halogens is 3. The lowest BCUT2D eigenvalue weighted by Crippen LogP contribution is -1.99. The van der Waals surface area contributed by atoms with E-state index in [0.29, 0.717) is 22.9 Å². The van der Waals surface area contributed by atoms with Crippen LogP contribution in [-0.2, 0) is 12.5 Å². The Bertz CT molecular complexity index is 582. The molecule has 0 aromatic heterocycles. The van der Waals surface area contributed by atoms with Crippen LogP contribution in [0, 0.1) is 11.6 Å². The number of ether oxygens (including phenoxy) is 2. The molecule has 2 aromatic rings. The van der Waals surface area contributed by atoms with Crippen LogP contribution in [0.4, 0.5) is 8.78 Å². The Morgan fingerprint density at radius 2 is 1.65 bits per heavy atom. The molecule has 0 fully saturated rings. The van der Waals surface area contributed by atoms with Gasteiger partial charge in [-0.15, -0.1) is 11.6 Å². The first-order valence-electron chi connectivity index (χ1n) is 5.93. The van der Waals surface area contributed by atoms with Crippen LogP contribution in [0.3, 0.4) is 0 Å². The fourth-order valence-corrected chi connectivity index (χ4v) is 1.94. The maximum absolute atomic E-state index is 13.1. The largest absolute Gasteiger partial charge is 0.493 e. The van der Waals surface area contributed by atoms with Gasteiger partial charge in [0, 0.05) is 11.9 Å². The molecule has 106 valence electrons. The molecule has 0 heterocycles. The van der Waals surface area contributed by atoms with Gasteiger partial charge in [0.2, 0.25) is 0 Å². The van der Waals surface area contributed by atoms with Gasteiger partial charge in [-0.1, -0.05) is 6.07 Å². The van der Waals surface area contributed by atoms with Crippen molar-refractivity contribution < 1.29 is 18.3 Å². The van der Waals surface area contributed by atoms with E-state index >= 15 is 0 Å². The van der Waals surface area contributed by atoms with E-state index in [2.05, 4.69) is 0 Å². The number of methoxy groups -OCH3 is 1. The Labute approximate surface area is 120 Å². The SMILES string of the molecule is COc1cc(CCl)ccc1OCc1cc(F)cc(F)c1. The second kappa shape index (κ2) is 6.57. The summed E-state index contributed by atoms with van der Waals surface area (Å²) in [5.74, 6) is 0.123. The van der Waals surface area contributed by atoms with E-state index in [1.54, 1.807) is 18.2 Å². The summed E-state index contributed by atoms with van der Waals surface area (Å²) in [6.45, 7) is 0.0469. The summed E-state index contributed by atoms with van der Waals surface area (Å²) >= 11 is 5.74. The topological polar surface area (TPSA) is 18.5 Å². The number of alkyl halides is 1. The second-order valence-corrected chi connectivity index (χ2v) is 4.45. The van der Waals surface area contributed by atoms with Gasteiger partial charge in [-0.2, -0.15) is 0 Å². The number of hydrogen-bond acceptors (Lipinski definition) is 2. The average molecular weight is 299 g/mol. The third-order valence-electron chi connectivity index (χ3n) is 2.70. The van der Waals surface area contributed by atoms with Crippen molar-refractivity contribution >= 4 is 11.6 Å². The van der Waals surface area contributed by atoms with Crippen molar-refractivity contribution in [2.75, 3.05) is 7.11 Å². The van der Waals surface area contributed by atoms with Gasteiger partial charge in [0.1, 0.15) is 18.2 Å². The molecule has 0 atom stereocenters. The number of rotatable bonds is 5. The summed E-state index contributed by atoms with van der Waals surface area (Å²) in [5.41, 5.74) is 1.30. The van der Waals surface area contributed by atoms with Gasteiger partial charge in [0.25, 0.3) is 0 Å². The minimum absolute atomic E-state index is 0.0469. The predicted octanol–water partition coefficient (Wildman–Crippen LogP) is 4.29. The zero-order chi connectivity index (χ0) is 14.5. The standard InChI is InChI=1S/C15H13ClF2O2/c1-19-15-6-10(8-16)2-3-14(15)20-9-11-4-12(17)7-13(18)5-11/h2-7H,8-9H2,1H3. The fraction of sp³-hybridized carbons (Fsp3) is 0.200. The van der Waals surface area contributed by atoms with E-state index in [9.17, 15) is 8.78 Å². The van der Waals surface area contributed by atoms with E-state index in [0.717, 1.165) is 11.6 Å². The highest BCUT2D eigenvalue weighted by Gasteiger charge is 2.07. The van der Waals surface area contributed by atoms with E-state index in [4.69, 9.17) is 21.1 Å². The minimum atomic E-state index is -0.631. The third-order valence-corrected chi connectivity index (χ3v) is 3.01. The van der Waals surface area contributed by atoms with Gasteiger partial charge in [-0.05, 0) is 35.4 Å². The summed E-state index contributed by atoms with van der Waals surface area (Å²) < 4.78 is 36.8. The molecule has 0 bridgehead atoms. The Hall–Kier alpha value is -1.81. The normalized spacial score (nSPS) is 10.4. The van der Waals surface area contributed by atoms with E-state index in [-0.39, 0.29) is 6.61 Å². The highest BCUT2D eigenvalue weighted by Crippen LogP contribution is 2.29. The van der Waals surface area contributed by atoms with Crippen LogP contribution in [0.5, 0.6) is 11.5 Å². The second-order valence-electron chi connectivity index (χ2n) is 4.19. The van der Waals surface area contributed by atoms with Crippen LogP contribution < -0.4 is 9.47 Å². The lowest BCUT2D eigenvalue weighted by Gasteiger charge is -2.11. The summed E-state index contributed by atoms with van der Waals surface area (Å²) in [6, 6.07) is 8.54. The maximum atomic E-state index is 13.1. The molecule has 0 saturated heterocycles. The van der Waals surface area contributed by atoms with Crippen LogP contribution in [0.25, 0.3) is 0 Å². The Balaban J connectivity index is 2.14. The van der Waals surface area contributed by atoms with Crippen molar-refractivity contribution in [1.82, 2.24) is 0 Å². The van der Waals surface area contributed by atoms with Crippen LogP contribution in [0.15, 0.2) is 36.4 Å². The van der Waals surface area contributed by atoms with Crippen molar-refractivity contribution in [2.45, 2.75) is 12.5 Å². The van der Waals surface area contributed by atoms with Gasteiger partial charge in [0.05, 0.1) is 7.11 Å². The molecule has 2 aromatic carbocycles. The summed E-state index contributed by atoms with van der Waals surface area (Å²) in [6.07, 6.45) is 0. The van der Waals surface area contributed by atoms with Crippen LogP contribution in [-0.4, -0.2) is 7.11 Å². The third kappa shape index (κ3) is 3.61. The van der Waals surface area contributed by atoms with Gasteiger partial charge in [0.15, 0.2) is 11.5 Å². The van der Waals surface area contributed by atoms with Gasteiger partial charge < -0.3 is 9.47 Å². The Morgan fingerprint density at radius 3 is 2.25 bits per heavy atom. The zero-order valence-corrected chi connectivity index (χ0v) is 11.6. The van der Waals surface area contributed by atoms with Crippen LogP contribution in [0.2, 0.25) is 0 Å². The van der Waals surface area contributed by atoms with Crippen molar-refractivity contribution in [3.8, 4) is 11.5 Å². The van der Waals surface area contributed by atoms with Crippen molar-refractivity contribution in [1.29, 1.82) is 0 Å². The van der Waals surface area contributed by atoms with Crippen molar-refractivity contribution in [2.24, 2.45) is 0 Å². The van der Waals surface area contributed by atoms with Crippen molar-refractivity contribution in [3.63, 3.8) is 0 Å². The first kappa shape index (κ1) is 14.6. The van der Waals surface area contributed by atoms with Gasteiger partial charge >= 0.3 is 0 Å². The lowest BCUT2D eigenvalue weighted by atomic mass is 10.2. The average Bonchev–Trinajstić information content (AvgIpc) is 2.44. The van der Waals surface area contributed by atoms with Crippen LogP contribution >= 0.6 is 11.6 Å². The molecule has 5 heteroatoms. The Morgan fingerprint density at radius 1 is 0.950 bits per heavy atom. The molecular formula is C15H13ClF2O2. The molecule has 0 unspecified atom stereocenters. The molecule has 2 rings (SSSR count). The quantitative estimate of drug-likeness (QED) is 0.767. The van der Waals surface area contributed by atoms with E-state index in [1.165, 1.54) is 19.2 Å². The molecule has 0 spiro atoms. The lowest BCUT2D eigenvalue weighted by molar-refractivity contribution is 0.283. The molecule has 0 aliphatic heterocycles. The summed E-state index contributed by atoms with van der Waals surface area (Å²) in [4.78, 5) is 0. The maximum Gasteiger partial charge on any atom is 0.161 e. The first-order valence-corrected chi connectivity index (χ1v) is 6.46. The molecule has 2 nitrogen and oxygen atoms in total. The molecule has 0 radical (unpaired) electrons. The Kier molecular flexibility index (Phi) is 4.79. The van der Waals surface area contributed by atoms with E-state index < -0.39 is 11.6 Å². The molecule has 0 amide bonds. The predicted molar refractivity (Wildman–Crippen MR) is 73.2 cm³/mol. The molecule has 0 aliphatic rings. The summed E-state index contributed by atoms with van der Waals surface area (Å²) in [5, 5.41) is 0.